The van der Waals surface area contributed by atoms with Crippen LogP contribution in [0.2, 0.25) is 0 Å². The molecule has 0 radical (unpaired) electrons. The van der Waals surface area contributed by atoms with Gasteiger partial charge in [0, 0.05) is 25.8 Å². The summed E-state index contributed by atoms with van der Waals surface area (Å²) in [6, 6.07) is 4.22. The topological polar surface area (TPSA) is 21.3 Å². The van der Waals surface area contributed by atoms with Gasteiger partial charge in [0.05, 0.1) is 0 Å². The molecule has 0 heterocycles. The van der Waals surface area contributed by atoms with Gasteiger partial charge in [0.25, 0.3) is 0 Å². The van der Waals surface area contributed by atoms with Crippen LogP contribution in [0, 0.1) is 11.6 Å². The van der Waals surface area contributed by atoms with Crippen LogP contribution in [-0.4, -0.2) is 20.3 Å². The second-order valence-corrected chi connectivity index (χ2v) is 3.59. The molecule has 0 amide bonds. The van der Waals surface area contributed by atoms with E-state index in [-0.39, 0.29) is 0 Å². The van der Waals surface area contributed by atoms with E-state index in [0.717, 1.165) is 32.1 Å². The first kappa shape index (κ1) is 13.1. The molecular weight excluding hydrogens is 212 g/mol. The van der Waals surface area contributed by atoms with Gasteiger partial charge in [-0.15, -0.1) is 0 Å². The predicted octanol–water partition coefficient (Wildman–Crippen LogP) is 2.48. The fourth-order valence-corrected chi connectivity index (χ4v) is 1.40. The Morgan fingerprint density at radius 1 is 1.25 bits per heavy atom. The molecule has 0 aliphatic heterocycles. The molecule has 0 fully saturated rings. The van der Waals surface area contributed by atoms with E-state index >= 15 is 0 Å². The second kappa shape index (κ2) is 7.30. The van der Waals surface area contributed by atoms with E-state index < -0.39 is 11.6 Å². The number of halogens is 2. The van der Waals surface area contributed by atoms with Gasteiger partial charge in [0.2, 0.25) is 0 Å². The summed E-state index contributed by atoms with van der Waals surface area (Å²) in [4.78, 5) is 0. The first-order chi connectivity index (χ1) is 7.75. The molecule has 4 heteroatoms. The summed E-state index contributed by atoms with van der Waals surface area (Å²) >= 11 is 0. The zero-order valence-corrected chi connectivity index (χ0v) is 9.43. The van der Waals surface area contributed by atoms with Crippen molar-refractivity contribution in [1.82, 2.24) is 5.32 Å². The van der Waals surface area contributed by atoms with E-state index in [0.29, 0.717) is 12.1 Å². The number of rotatable bonds is 7. The number of nitrogens with one attached hydrogen (secondary N) is 1. The number of unbranched alkanes of at least 4 members (excludes halogenated alkanes) is 1. The van der Waals surface area contributed by atoms with Gasteiger partial charge in [0.15, 0.2) is 11.6 Å². The SMILES string of the molecule is COCCCCNCc1cccc(F)c1F. The number of hydrogen-bond donors (Lipinski definition) is 1. The van der Waals surface area contributed by atoms with Gasteiger partial charge in [-0.1, -0.05) is 12.1 Å². The maximum absolute atomic E-state index is 13.2. The maximum atomic E-state index is 13.2. The second-order valence-electron chi connectivity index (χ2n) is 3.59. The fraction of sp³-hybridized carbons (Fsp3) is 0.500. The molecule has 1 N–H and O–H groups in total. The lowest BCUT2D eigenvalue weighted by Crippen LogP contribution is -2.16. The maximum Gasteiger partial charge on any atom is 0.163 e. The minimum Gasteiger partial charge on any atom is -0.385 e. The zero-order valence-electron chi connectivity index (χ0n) is 9.43. The molecule has 2 nitrogen and oxygen atoms in total. The van der Waals surface area contributed by atoms with Crippen LogP contribution < -0.4 is 5.32 Å². The molecule has 1 aromatic carbocycles. The minimum atomic E-state index is -0.793. The highest BCUT2D eigenvalue weighted by Gasteiger charge is 2.06. The van der Waals surface area contributed by atoms with Crippen LogP contribution in [-0.2, 0) is 11.3 Å². The fourth-order valence-electron chi connectivity index (χ4n) is 1.40. The van der Waals surface area contributed by atoms with E-state index in [4.69, 9.17) is 4.74 Å². The lowest BCUT2D eigenvalue weighted by molar-refractivity contribution is 0.192. The van der Waals surface area contributed by atoms with Crippen molar-refractivity contribution in [1.29, 1.82) is 0 Å². The van der Waals surface area contributed by atoms with Crippen LogP contribution in [0.15, 0.2) is 18.2 Å². The van der Waals surface area contributed by atoms with Crippen molar-refractivity contribution >= 4 is 0 Å². The third-order valence-electron chi connectivity index (χ3n) is 2.30. The Labute approximate surface area is 94.6 Å². The van der Waals surface area contributed by atoms with Crippen LogP contribution in [0.3, 0.4) is 0 Å². The first-order valence-corrected chi connectivity index (χ1v) is 5.38. The summed E-state index contributed by atoms with van der Waals surface area (Å²) in [5, 5.41) is 3.07. The van der Waals surface area contributed by atoms with Crippen molar-refractivity contribution in [2.75, 3.05) is 20.3 Å². The molecule has 0 aliphatic carbocycles. The lowest BCUT2D eigenvalue weighted by Gasteiger charge is -2.06. The third kappa shape index (κ3) is 4.24. The van der Waals surface area contributed by atoms with Gasteiger partial charge in [-0.2, -0.15) is 0 Å². The monoisotopic (exact) mass is 229 g/mol. The minimum absolute atomic E-state index is 0.358. The Kier molecular flexibility index (Phi) is 5.96. The van der Waals surface area contributed by atoms with Gasteiger partial charge in [0.1, 0.15) is 0 Å². The smallest absolute Gasteiger partial charge is 0.163 e. The largest absolute Gasteiger partial charge is 0.385 e. The quantitative estimate of drug-likeness (QED) is 0.725. The van der Waals surface area contributed by atoms with Crippen LogP contribution in [0.25, 0.3) is 0 Å². The van der Waals surface area contributed by atoms with Crippen LogP contribution >= 0.6 is 0 Å². The Morgan fingerprint density at radius 3 is 2.81 bits per heavy atom. The summed E-state index contributed by atoms with van der Waals surface area (Å²) in [5.74, 6) is -1.55. The van der Waals surface area contributed by atoms with Crippen molar-refractivity contribution in [2.45, 2.75) is 19.4 Å². The Morgan fingerprint density at radius 2 is 2.06 bits per heavy atom. The summed E-state index contributed by atoms with van der Waals surface area (Å²) in [6.45, 7) is 1.87. The Bertz CT molecular complexity index is 318. The molecule has 1 aromatic rings. The molecule has 0 bridgehead atoms. The normalized spacial score (nSPS) is 10.7. The molecule has 0 spiro atoms. The highest BCUT2D eigenvalue weighted by atomic mass is 19.2. The zero-order chi connectivity index (χ0) is 11.8. The highest BCUT2D eigenvalue weighted by Crippen LogP contribution is 2.10. The first-order valence-electron chi connectivity index (χ1n) is 5.38. The highest BCUT2D eigenvalue weighted by molar-refractivity contribution is 5.18. The molecular formula is C12H17F2NO. The Balaban J connectivity index is 2.24. The molecule has 0 aliphatic rings. The molecule has 0 aromatic heterocycles. The van der Waals surface area contributed by atoms with E-state index in [1.54, 1.807) is 13.2 Å². The van der Waals surface area contributed by atoms with Crippen molar-refractivity contribution < 1.29 is 13.5 Å². The number of hydrogen-bond acceptors (Lipinski definition) is 2. The van der Waals surface area contributed by atoms with Gasteiger partial charge in [-0.25, -0.2) is 8.78 Å². The van der Waals surface area contributed by atoms with E-state index in [1.807, 2.05) is 0 Å². The van der Waals surface area contributed by atoms with Crippen LogP contribution in [0.1, 0.15) is 18.4 Å². The standard InChI is InChI=1S/C12H17F2NO/c1-16-8-3-2-7-15-9-10-5-4-6-11(13)12(10)14/h4-6,15H,2-3,7-9H2,1H3. The summed E-state index contributed by atoms with van der Waals surface area (Å²) < 4.78 is 30.9. The van der Waals surface area contributed by atoms with Crippen molar-refractivity contribution in [3.63, 3.8) is 0 Å². The van der Waals surface area contributed by atoms with Crippen LogP contribution in [0.4, 0.5) is 8.78 Å². The molecule has 16 heavy (non-hydrogen) atoms. The number of benzene rings is 1. The van der Waals surface area contributed by atoms with E-state index in [9.17, 15) is 8.78 Å². The molecule has 0 atom stereocenters. The Hall–Kier alpha value is -1.00. The molecule has 1 rings (SSSR count). The average molecular weight is 229 g/mol. The molecule has 0 unspecified atom stereocenters. The average Bonchev–Trinajstić information content (AvgIpc) is 2.29. The molecule has 90 valence electrons. The number of ether oxygens (including phenoxy) is 1. The molecule has 0 saturated carbocycles. The lowest BCUT2D eigenvalue weighted by atomic mass is 10.2. The van der Waals surface area contributed by atoms with Crippen molar-refractivity contribution in [2.24, 2.45) is 0 Å². The predicted molar refractivity (Wildman–Crippen MR) is 59.2 cm³/mol. The van der Waals surface area contributed by atoms with Gasteiger partial charge in [-0.3, -0.25) is 0 Å². The summed E-state index contributed by atoms with van der Waals surface area (Å²) in [5.41, 5.74) is 0.367. The van der Waals surface area contributed by atoms with Crippen molar-refractivity contribution in [3.05, 3.63) is 35.4 Å². The third-order valence-corrected chi connectivity index (χ3v) is 2.30. The van der Waals surface area contributed by atoms with Crippen molar-refractivity contribution in [3.8, 4) is 0 Å². The van der Waals surface area contributed by atoms with E-state index in [1.165, 1.54) is 6.07 Å². The summed E-state index contributed by atoms with van der Waals surface area (Å²) in [7, 11) is 1.66. The molecule has 0 saturated heterocycles. The summed E-state index contributed by atoms with van der Waals surface area (Å²) in [6.07, 6.45) is 1.93. The van der Waals surface area contributed by atoms with E-state index in [2.05, 4.69) is 5.32 Å². The van der Waals surface area contributed by atoms with Gasteiger partial charge < -0.3 is 10.1 Å². The van der Waals surface area contributed by atoms with Gasteiger partial charge in [-0.05, 0) is 25.5 Å². The van der Waals surface area contributed by atoms with Gasteiger partial charge >= 0.3 is 0 Å². The van der Waals surface area contributed by atoms with Crippen LogP contribution in [0.5, 0.6) is 0 Å². The number of methoxy groups -OCH3 is 1.